The van der Waals surface area contributed by atoms with Gasteiger partial charge in [0.15, 0.2) is 17.5 Å². The van der Waals surface area contributed by atoms with Gasteiger partial charge in [-0.25, -0.2) is 15.0 Å². The first-order chi connectivity index (χ1) is 28.2. The van der Waals surface area contributed by atoms with Gasteiger partial charge in [-0.3, -0.25) is 0 Å². The Morgan fingerprint density at radius 2 is 0.842 bits per heavy atom. The molecular weight excluding hydrogens is 695 g/mol. The van der Waals surface area contributed by atoms with E-state index in [4.69, 9.17) is 19.4 Å². The molecule has 0 radical (unpaired) electrons. The summed E-state index contributed by atoms with van der Waals surface area (Å²) in [6.07, 6.45) is 0. The van der Waals surface area contributed by atoms with Gasteiger partial charge in [0, 0.05) is 27.5 Å². The zero-order chi connectivity index (χ0) is 37.7. The van der Waals surface area contributed by atoms with Gasteiger partial charge in [-0.2, -0.15) is 0 Å². The monoisotopic (exact) mass is 727 g/mol. The number of hydrogen-bond acceptors (Lipinski definition) is 4. The van der Waals surface area contributed by atoms with Crippen LogP contribution in [0, 0.1) is 0 Å². The lowest BCUT2D eigenvalue weighted by Crippen LogP contribution is -2.00. The molecule has 266 valence electrons. The van der Waals surface area contributed by atoms with Gasteiger partial charge < -0.3 is 4.42 Å². The fourth-order valence-electron chi connectivity index (χ4n) is 8.16. The van der Waals surface area contributed by atoms with Gasteiger partial charge in [-0.05, 0) is 97.4 Å². The maximum absolute atomic E-state index is 6.67. The third-order valence-electron chi connectivity index (χ3n) is 10.9. The van der Waals surface area contributed by atoms with E-state index in [9.17, 15) is 0 Å². The number of fused-ring (bicyclic) bond motifs is 6. The molecule has 0 atom stereocenters. The topological polar surface area (TPSA) is 51.8 Å². The lowest BCUT2D eigenvalue weighted by atomic mass is 9.91. The Bertz CT molecular complexity index is 3220. The molecule has 0 spiro atoms. The summed E-state index contributed by atoms with van der Waals surface area (Å²) in [7, 11) is 0. The van der Waals surface area contributed by atoms with E-state index >= 15 is 0 Å². The van der Waals surface area contributed by atoms with Crippen LogP contribution >= 0.6 is 0 Å². The summed E-state index contributed by atoms with van der Waals surface area (Å²) in [5.41, 5.74) is 11.3. The van der Waals surface area contributed by atoms with Crippen molar-refractivity contribution >= 4 is 43.5 Å². The van der Waals surface area contributed by atoms with E-state index in [0.29, 0.717) is 17.5 Å². The average Bonchev–Trinajstić information content (AvgIpc) is 3.68. The summed E-state index contributed by atoms with van der Waals surface area (Å²) in [5, 5.41) is 6.71. The average molecular weight is 728 g/mol. The number of rotatable bonds is 6. The third-order valence-corrected chi connectivity index (χ3v) is 10.9. The zero-order valence-electron chi connectivity index (χ0n) is 30.8. The molecule has 0 bridgehead atoms. The van der Waals surface area contributed by atoms with Crippen molar-refractivity contribution in [2.24, 2.45) is 0 Å². The second-order valence-electron chi connectivity index (χ2n) is 14.4. The maximum atomic E-state index is 6.67. The second kappa shape index (κ2) is 13.6. The van der Waals surface area contributed by atoms with E-state index in [1.54, 1.807) is 0 Å². The Morgan fingerprint density at radius 3 is 1.54 bits per heavy atom. The van der Waals surface area contributed by atoms with Crippen LogP contribution in [0.2, 0.25) is 0 Å². The van der Waals surface area contributed by atoms with Gasteiger partial charge in [-0.1, -0.05) is 158 Å². The molecule has 0 fully saturated rings. The number of hydrogen-bond donors (Lipinski definition) is 0. The van der Waals surface area contributed by atoms with Crippen LogP contribution in [0.4, 0.5) is 0 Å². The summed E-state index contributed by atoms with van der Waals surface area (Å²) in [5.74, 6) is 1.83. The molecular formula is C53H33N3O. The summed E-state index contributed by atoms with van der Waals surface area (Å²) in [6, 6.07) is 70.0. The van der Waals surface area contributed by atoms with Crippen LogP contribution in [-0.4, -0.2) is 15.0 Å². The first-order valence-electron chi connectivity index (χ1n) is 19.2. The van der Waals surface area contributed by atoms with E-state index < -0.39 is 0 Å². The van der Waals surface area contributed by atoms with Crippen molar-refractivity contribution in [1.29, 1.82) is 0 Å². The molecule has 4 heteroatoms. The number of aromatic nitrogens is 3. The predicted molar refractivity (Wildman–Crippen MR) is 235 cm³/mol. The first kappa shape index (κ1) is 32.7. The zero-order valence-corrected chi connectivity index (χ0v) is 30.8. The first-order valence-corrected chi connectivity index (χ1v) is 19.2. The summed E-state index contributed by atoms with van der Waals surface area (Å²) in [4.78, 5) is 15.4. The Kier molecular flexibility index (Phi) is 7.78. The second-order valence-corrected chi connectivity index (χ2v) is 14.4. The lowest BCUT2D eigenvalue weighted by molar-refractivity contribution is 0.669. The molecule has 0 N–H and O–H groups in total. The molecule has 2 aromatic heterocycles. The van der Waals surface area contributed by atoms with Gasteiger partial charge in [0.1, 0.15) is 11.2 Å². The van der Waals surface area contributed by atoms with E-state index in [2.05, 4.69) is 170 Å². The molecule has 2 heterocycles. The molecule has 0 amide bonds. The molecule has 0 aliphatic carbocycles. The Morgan fingerprint density at radius 1 is 0.281 bits per heavy atom. The summed E-state index contributed by atoms with van der Waals surface area (Å²) >= 11 is 0. The lowest BCUT2D eigenvalue weighted by Gasteiger charge is -2.12. The Hall–Kier alpha value is -7.69. The predicted octanol–water partition coefficient (Wildman–Crippen LogP) is 14.1. The Labute approximate surface area is 329 Å². The summed E-state index contributed by atoms with van der Waals surface area (Å²) < 4.78 is 6.67. The fourth-order valence-corrected chi connectivity index (χ4v) is 8.16. The molecule has 4 nitrogen and oxygen atoms in total. The molecule has 0 saturated heterocycles. The van der Waals surface area contributed by atoms with Crippen molar-refractivity contribution in [2.75, 3.05) is 0 Å². The van der Waals surface area contributed by atoms with E-state index in [1.807, 2.05) is 30.3 Å². The molecule has 0 aliphatic heterocycles. The van der Waals surface area contributed by atoms with Crippen molar-refractivity contribution in [2.45, 2.75) is 0 Å². The highest BCUT2D eigenvalue weighted by Crippen LogP contribution is 2.41. The van der Waals surface area contributed by atoms with Crippen molar-refractivity contribution < 1.29 is 4.42 Å². The molecule has 9 aromatic carbocycles. The van der Waals surface area contributed by atoms with Crippen LogP contribution in [0.25, 0.3) is 111 Å². The smallest absolute Gasteiger partial charge is 0.164 e. The van der Waals surface area contributed by atoms with E-state index in [-0.39, 0.29) is 0 Å². The van der Waals surface area contributed by atoms with Gasteiger partial charge in [0.25, 0.3) is 0 Å². The van der Waals surface area contributed by atoms with Gasteiger partial charge in [0.05, 0.1) is 0 Å². The van der Waals surface area contributed by atoms with Crippen molar-refractivity contribution in [3.63, 3.8) is 0 Å². The molecule has 0 aliphatic rings. The Balaban J connectivity index is 1.09. The fraction of sp³-hybridized carbons (Fsp3) is 0. The van der Waals surface area contributed by atoms with Crippen molar-refractivity contribution in [1.82, 2.24) is 15.0 Å². The quantitative estimate of drug-likeness (QED) is 0.160. The van der Waals surface area contributed by atoms with Crippen LogP contribution in [-0.2, 0) is 0 Å². The molecule has 0 saturated carbocycles. The normalized spacial score (nSPS) is 11.5. The van der Waals surface area contributed by atoms with Crippen LogP contribution in [0.3, 0.4) is 0 Å². The largest absolute Gasteiger partial charge is 0.456 e. The standard InChI is InChI=1S/C53H33N3O/c1-4-15-34(16-5-1)39-29-40(35-17-6-2-7-18-35)31-41(30-39)43-25-14-26-48-50(43)46-28-27-38(33-49(46)57-48)52-54-51(36-19-8-3-9-20-36)55-53(56-52)47-32-37-21-10-11-22-42(37)44-23-12-13-24-45(44)47/h1-33H. The van der Waals surface area contributed by atoms with Gasteiger partial charge in [0.2, 0.25) is 0 Å². The maximum Gasteiger partial charge on any atom is 0.164 e. The number of nitrogens with zero attached hydrogens (tertiary/aromatic N) is 3. The number of furan rings is 1. The molecule has 11 rings (SSSR count). The molecule has 0 unspecified atom stereocenters. The minimum atomic E-state index is 0.585. The van der Waals surface area contributed by atoms with Crippen LogP contribution < -0.4 is 0 Å². The van der Waals surface area contributed by atoms with Crippen LogP contribution in [0.1, 0.15) is 0 Å². The number of benzene rings is 9. The highest BCUT2D eigenvalue weighted by atomic mass is 16.3. The van der Waals surface area contributed by atoms with E-state index in [1.165, 1.54) is 21.9 Å². The molecule has 57 heavy (non-hydrogen) atoms. The SMILES string of the molecule is c1ccc(-c2cc(-c3ccccc3)cc(-c3cccc4oc5cc(-c6nc(-c7ccccc7)nc(-c7cc8ccccc8c8ccccc78)n6)ccc5c34)c2)cc1. The summed E-state index contributed by atoms with van der Waals surface area (Å²) in [6.45, 7) is 0. The molecule has 11 aromatic rings. The van der Waals surface area contributed by atoms with Crippen molar-refractivity contribution in [3.8, 4) is 67.5 Å². The van der Waals surface area contributed by atoms with Crippen LogP contribution in [0.5, 0.6) is 0 Å². The van der Waals surface area contributed by atoms with E-state index in [0.717, 1.165) is 71.7 Å². The minimum absolute atomic E-state index is 0.585. The minimum Gasteiger partial charge on any atom is -0.456 e. The highest BCUT2D eigenvalue weighted by molar-refractivity contribution is 6.14. The van der Waals surface area contributed by atoms with Gasteiger partial charge in [-0.15, -0.1) is 0 Å². The third kappa shape index (κ3) is 5.83. The highest BCUT2D eigenvalue weighted by Gasteiger charge is 2.19. The van der Waals surface area contributed by atoms with Crippen molar-refractivity contribution in [3.05, 3.63) is 200 Å². The van der Waals surface area contributed by atoms with Crippen LogP contribution in [0.15, 0.2) is 205 Å². The van der Waals surface area contributed by atoms with Gasteiger partial charge >= 0.3 is 0 Å².